The van der Waals surface area contributed by atoms with Crippen LogP contribution in [0.3, 0.4) is 0 Å². The minimum absolute atomic E-state index is 0.0408. The molecular formula is C16H12F2N2O3. The lowest BCUT2D eigenvalue weighted by atomic mass is 10.1. The summed E-state index contributed by atoms with van der Waals surface area (Å²) in [5.41, 5.74) is 1.67. The van der Waals surface area contributed by atoms with E-state index in [-0.39, 0.29) is 11.4 Å². The lowest BCUT2D eigenvalue weighted by Gasteiger charge is -2.08. The van der Waals surface area contributed by atoms with Gasteiger partial charge in [-0.15, -0.1) is 0 Å². The van der Waals surface area contributed by atoms with Crippen molar-refractivity contribution in [2.24, 2.45) is 0 Å². The van der Waals surface area contributed by atoms with Crippen LogP contribution in [0.1, 0.15) is 10.4 Å². The van der Waals surface area contributed by atoms with Crippen LogP contribution in [0, 0.1) is 0 Å². The molecule has 3 rings (SSSR count). The summed E-state index contributed by atoms with van der Waals surface area (Å²) in [4.78, 5) is 18.2. The Labute approximate surface area is 129 Å². The Kier molecular flexibility index (Phi) is 3.92. The molecule has 2 N–H and O–H groups in total. The Balaban J connectivity index is 2.06. The predicted molar refractivity (Wildman–Crippen MR) is 80.0 cm³/mol. The fourth-order valence-corrected chi connectivity index (χ4v) is 2.28. The van der Waals surface area contributed by atoms with Crippen molar-refractivity contribution in [3.8, 4) is 17.1 Å². The molecule has 118 valence electrons. The largest absolute Gasteiger partial charge is 0.478 e. The number of benzene rings is 1. The summed E-state index contributed by atoms with van der Waals surface area (Å²) in [6, 6.07) is 10.6. The third-order valence-electron chi connectivity index (χ3n) is 3.29. The highest BCUT2D eigenvalue weighted by molar-refractivity contribution is 5.97. The van der Waals surface area contributed by atoms with Gasteiger partial charge in [0.2, 0.25) is 5.88 Å². The SMILES string of the molecule is O=C(O)c1cnc(OCC(F)F)cc1-c1cc2ccccc2[nH]1. The van der Waals surface area contributed by atoms with E-state index in [1.54, 1.807) is 6.07 Å². The fourth-order valence-electron chi connectivity index (χ4n) is 2.28. The first-order valence-corrected chi connectivity index (χ1v) is 6.77. The monoisotopic (exact) mass is 318 g/mol. The van der Waals surface area contributed by atoms with Gasteiger partial charge in [-0.3, -0.25) is 0 Å². The zero-order valence-electron chi connectivity index (χ0n) is 11.8. The Bertz CT molecular complexity index is 828. The number of alkyl halides is 2. The maximum Gasteiger partial charge on any atom is 0.337 e. The van der Waals surface area contributed by atoms with E-state index < -0.39 is 19.0 Å². The van der Waals surface area contributed by atoms with Crippen LogP contribution in [0.4, 0.5) is 8.78 Å². The number of fused-ring (bicyclic) bond motifs is 1. The van der Waals surface area contributed by atoms with Crippen molar-refractivity contribution in [3.63, 3.8) is 0 Å². The van der Waals surface area contributed by atoms with E-state index in [9.17, 15) is 18.7 Å². The Morgan fingerprint density at radius 3 is 2.78 bits per heavy atom. The standard InChI is InChI=1S/C16H12F2N2O3/c17-14(18)8-23-15-6-10(11(7-19-15)16(21)22)13-5-9-3-1-2-4-12(9)20-13/h1-7,14,20H,8H2,(H,21,22). The summed E-state index contributed by atoms with van der Waals surface area (Å²) in [7, 11) is 0. The van der Waals surface area contributed by atoms with Gasteiger partial charge in [-0.05, 0) is 12.1 Å². The first-order chi connectivity index (χ1) is 11.0. The molecule has 0 aliphatic rings. The highest BCUT2D eigenvalue weighted by atomic mass is 19.3. The average Bonchev–Trinajstić information content (AvgIpc) is 2.96. The highest BCUT2D eigenvalue weighted by Crippen LogP contribution is 2.29. The first-order valence-electron chi connectivity index (χ1n) is 6.77. The number of para-hydroxylation sites is 1. The number of nitrogens with one attached hydrogen (secondary N) is 1. The van der Waals surface area contributed by atoms with Crippen molar-refractivity contribution in [3.05, 3.63) is 48.2 Å². The summed E-state index contributed by atoms with van der Waals surface area (Å²) >= 11 is 0. The van der Waals surface area contributed by atoms with Crippen molar-refractivity contribution >= 4 is 16.9 Å². The topological polar surface area (TPSA) is 75.2 Å². The predicted octanol–water partition coefficient (Wildman–Crippen LogP) is 3.57. The number of carboxylic acids is 1. The summed E-state index contributed by atoms with van der Waals surface area (Å²) < 4.78 is 29.3. The number of carboxylic acid groups (broad SMARTS) is 1. The number of aromatic nitrogens is 2. The lowest BCUT2D eigenvalue weighted by Crippen LogP contribution is -2.09. The molecule has 0 radical (unpaired) electrons. The molecule has 0 spiro atoms. The molecule has 3 aromatic rings. The second kappa shape index (κ2) is 6.04. The highest BCUT2D eigenvalue weighted by Gasteiger charge is 2.16. The van der Waals surface area contributed by atoms with Gasteiger partial charge in [0, 0.05) is 34.4 Å². The molecule has 7 heteroatoms. The molecule has 0 unspecified atom stereocenters. The van der Waals surface area contributed by atoms with Gasteiger partial charge in [-0.25, -0.2) is 18.6 Å². The number of hydrogen-bond acceptors (Lipinski definition) is 3. The molecule has 23 heavy (non-hydrogen) atoms. The van der Waals surface area contributed by atoms with E-state index in [0.717, 1.165) is 17.1 Å². The zero-order chi connectivity index (χ0) is 16.4. The maximum atomic E-state index is 12.2. The van der Waals surface area contributed by atoms with E-state index >= 15 is 0 Å². The molecule has 0 bridgehead atoms. The number of ether oxygens (including phenoxy) is 1. The van der Waals surface area contributed by atoms with Crippen LogP contribution in [0.2, 0.25) is 0 Å². The van der Waals surface area contributed by atoms with Crippen LogP contribution in [0.5, 0.6) is 5.88 Å². The van der Waals surface area contributed by atoms with Gasteiger partial charge in [0.25, 0.3) is 6.43 Å². The minimum atomic E-state index is -2.63. The number of pyridine rings is 1. The molecule has 0 amide bonds. The Morgan fingerprint density at radius 1 is 1.30 bits per heavy atom. The van der Waals surface area contributed by atoms with Crippen LogP contribution in [0.15, 0.2) is 42.6 Å². The zero-order valence-corrected chi connectivity index (χ0v) is 11.8. The van der Waals surface area contributed by atoms with E-state index in [0.29, 0.717) is 11.3 Å². The number of aromatic amines is 1. The number of carbonyl (C=O) groups is 1. The van der Waals surface area contributed by atoms with Gasteiger partial charge in [0.05, 0.1) is 5.56 Å². The van der Waals surface area contributed by atoms with Crippen molar-refractivity contribution < 1.29 is 23.4 Å². The molecule has 0 saturated carbocycles. The molecular weight excluding hydrogens is 306 g/mol. The van der Waals surface area contributed by atoms with Crippen molar-refractivity contribution in [2.45, 2.75) is 6.43 Å². The van der Waals surface area contributed by atoms with Crippen molar-refractivity contribution in [1.82, 2.24) is 9.97 Å². The minimum Gasteiger partial charge on any atom is -0.478 e. The second-order valence-corrected chi connectivity index (χ2v) is 4.85. The number of H-pyrrole nitrogens is 1. The van der Waals surface area contributed by atoms with E-state index in [2.05, 4.69) is 9.97 Å². The molecule has 0 fully saturated rings. The van der Waals surface area contributed by atoms with Crippen molar-refractivity contribution in [2.75, 3.05) is 6.61 Å². The van der Waals surface area contributed by atoms with Gasteiger partial charge in [-0.2, -0.15) is 0 Å². The van der Waals surface area contributed by atoms with Crippen LogP contribution >= 0.6 is 0 Å². The third-order valence-corrected chi connectivity index (χ3v) is 3.29. The average molecular weight is 318 g/mol. The summed E-state index contributed by atoms with van der Waals surface area (Å²) in [5, 5.41) is 10.2. The summed E-state index contributed by atoms with van der Waals surface area (Å²) in [5.74, 6) is -1.21. The normalized spacial score (nSPS) is 11.1. The van der Waals surface area contributed by atoms with Crippen LogP contribution in [0.25, 0.3) is 22.2 Å². The molecule has 0 aliphatic heterocycles. The van der Waals surface area contributed by atoms with E-state index in [4.69, 9.17) is 4.74 Å². The van der Waals surface area contributed by atoms with Gasteiger partial charge < -0.3 is 14.8 Å². The molecule has 2 heterocycles. The molecule has 5 nitrogen and oxygen atoms in total. The van der Waals surface area contributed by atoms with Gasteiger partial charge in [0.1, 0.15) is 0 Å². The van der Waals surface area contributed by atoms with Gasteiger partial charge >= 0.3 is 5.97 Å². The fraction of sp³-hybridized carbons (Fsp3) is 0.125. The Morgan fingerprint density at radius 2 is 2.09 bits per heavy atom. The summed E-state index contributed by atoms with van der Waals surface area (Å²) in [6.45, 7) is -0.800. The summed E-state index contributed by atoms with van der Waals surface area (Å²) in [6.07, 6.45) is -1.53. The number of rotatable bonds is 5. The number of halogens is 2. The molecule has 1 aromatic carbocycles. The lowest BCUT2D eigenvalue weighted by molar-refractivity contribution is 0.0694. The number of hydrogen-bond donors (Lipinski definition) is 2. The second-order valence-electron chi connectivity index (χ2n) is 4.85. The maximum absolute atomic E-state index is 12.2. The molecule has 0 saturated heterocycles. The number of nitrogens with zero attached hydrogens (tertiary/aromatic N) is 1. The third kappa shape index (κ3) is 3.13. The van der Waals surface area contributed by atoms with Gasteiger partial charge in [-0.1, -0.05) is 18.2 Å². The Hall–Kier alpha value is -2.96. The smallest absolute Gasteiger partial charge is 0.337 e. The van der Waals surface area contributed by atoms with E-state index in [1.807, 2.05) is 24.3 Å². The van der Waals surface area contributed by atoms with E-state index in [1.165, 1.54) is 6.07 Å². The molecule has 0 atom stereocenters. The molecule has 2 aromatic heterocycles. The van der Waals surface area contributed by atoms with Crippen LogP contribution in [-0.2, 0) is 0 Å². The molecule has 0 aliphatic carbocycles. The first kappa shape index (κ1) is 15.0. The van der Waals surface area contributed by atoms with Crippen LogP contribution in [-0.4, -0.2) is 34.1 Å². The van der Waals surface area contributed by atoms with Crippen LogP contribution < -0.4 is 4.74 Å². The van der Waals surface area contributed by atoms with Crippen molar-refractivity contribution in [1.29, 1.82) is 0 Å². The number of aromatic carboxylic acids is 1. The quantitative estimate of drug-likeness (QED) is 0.754. The van der Waals surface area contributed by atoms with Gasteiger partial charge in [0.15, 0.2) is 6.61 Å².